The quantitative estimate of drug-likeness (QED) is 0.671. The number of nitrogens with zero attached hydrogens (tertiary/aromatic N) is 1. The Morgan fingerprint density at radius 2 is 2.00 bits per heavy atom. The first-order valence-corrected chi connectivity index (χ1v) is 5.86. The average molecular weight is 195 g/mol. The van der Waals surface area contributed by atoms with Gasteiger partial charge in [0.1, 0.15) is 5.78 Å². The van der Waals surface area contributed by atoms with Crippen LogP contribution in [-0.4, -0.2) is 29.8 Å². The number of hydrogen-bond donors (Lipinski definition) is 0. The standard InChI is InChI=1S/C12H21NO/c1-8-6-11(8)7-13-5-4-12(14)9(2)10(13)3/h8-11H,4-7H2,1-3H3. The smallest absolute Gasteiger partial charge is 0.138 e. The average Bonchev–Trinajstić information content (AvgIpc) is 2.83. The van der Waals surface area contributed by atoms with E-state index in [-0.39, 0.29) is 5.92 Å². The molecule has 2 heteroatoms. The van der Waals surface area contributed by atoms with Crippen molar-refractivity contribution < 1.29 is 4.79 Å². The van der Waals surface area contributed by atoms with Gasteiger partial charge in [0.25, 0.3) is 0 Å². The van der Waals surface area contributed by atoms with Gasteiger partial charge < -0.3 is 0 Å². The summed E-state index contributed by atoms with van der Waals surface area (Å²) in [6.07, 6.45) is 2.16. The maximum Gasteiger partial charge on any atom is 0.138 e. The molecule has 4 atom stereocenters. The maximum absolute atomic E-state index is 11.5. The van der Waals surface area contributed by atoms with Crippen molar-refractivity contribution in [2.24, 2.45) is 17.8 Å². The Balaban J connectivity index is 1.89. The Labute approximate surface area is 86.7 Å². The number of ketones is 1. The third-order valence-electron chi connectivity index (χ3n) is 4.20. The lowest BCUT2D eigenvalue weighted by Gasteiger charge is -2.37. The van der Waals surface area contributed by atoms with Gasteiger partial charge in [0, 0.05) is 31.5 Å². The van der Waals surface area contributed by atoms with Gasteiger partial charge in [0.15, 0.2) is 0 Å². The fraction of sp³-hybridized carbons (Fsp3) is 0.917. The van der Waals surface area contributed by atoms with E-state index >= 15 is 0 Å². The van der Waals surface area contributed by atoms with Crippen molar-refractivity contribution in [3.8, 4) is 0 Å². The molecule has 1 saturated carbocycles. The van der Waals surface area contributed by atoms with Crippen molar-refractivity contribution in [1.82, 2.24) is 4.90 Å². The highest BCUT2D eigenvalue weighted by atomic mass is 16.1. The highest BCUT2D eigenvalue weighted by Gasteiger charge is 2.38. The van der Waals surface area contributed by atoms with Crippen molar-refractivity contribution in [1.29, 1.82) is 0 Å². The molecule has 0 amide bonds. The van der Waals surface area contributed by atoms with Crippen LogP contribution in [0.5, 0.6) is 0 Å². The van der Waals surface area contributed by atoms with Gasteiger partial charge in [-0.05, 0) is 25.2 Å². The minimum atomic E-state index is 0.248. The molecule has 2 nitrogen and oxygen atoms in total. The summed E-state index contributed by atoms with van der Waals surface area (Å²) in [5.41, 5.74) is 0. The van der Waals surface area contributed by atoms with E-state index in [1.807, 2.05) is 0 Å². The van der Waals surface area contributed by atoms with Gasteiger partial charge in [-0.3, -0.25) is 9.69 Å². The Hall–Kier alpha value is -0.370. The Morgan fingerprint density at radius 3 is 2.57 bits per heavy atom. The van der Waals surface area contributed by atoms with Crippen LogP contribution in [0.15, 0.2) is 0 Å². The van der Waals surface area contributed by atoms with Gasteiger partial charge in [-0.15, -0.1) is 0 Å². The van der Waals surface area contributed by atoms with Crippen LogP contribution in [-0.2, 0) is 4.79 Å². The second kappa shape index (κ2) is 3.65. The summed E-state index contributed by atoms with van der Waals surface area (Å²) in [7, 11) is 0. The van der Waals surface area contributed by atoms with Gasteiger partial charge in [-0.2, -0.15) is 0 Å². The molecule has 0 aromatic heterocycles. The number of piperidine rings is 1. The van der Waals surface area contributed by atoms with Gasteiger partial charge in [0.05, 0.1) is 0 Å². The van der Waals surface area contributed by atoms with Crippen LogP contribution in [0.3, 0.4) is 0 Å². The fourth-order valence-corrected chi connectivity index (χ4v) is 2.48. The zero-order valence-corrected chi connectivity index (χ0v) is 9.49. The molecule has 1 aliphatic heterocycles. The van der Waals surface area contributed by atoms with Crippen molar-refractivity contribution in [2.75, 3.05) is 13.1 Å². The minimum absolute atomic E-state index is 0.248. The molecule has 0 aromatic rings. The molecule has 14 heavy (non-hydrogen) atoms. The molecule has 1 saturated heterocycles. The van der Waals surface area contributed by atoms with E-state index in [0.717, 1.165) is 24.8 Å². The largest absolute Gasteiger partial charge is 0.299 e. The van der Waals surface area contributed by atoms with Crippen LogP contribution in [0.4, 0.5) is 0 Å². The molecule has 0 radical (unpaired) electrons. The Morgan fingerprint density at radius 1 is 1.36 bits per heavy atom. The van der Waals surface area contributed by atoms with Crippen LogP contribution in [0, 0.1) is 17.8 Å². The molecule has 0 spiro atoms. The third kappa shape index (κ3) is 1.85. The first-order chi connectivity index (χ1) is 6.59. The predicted octanol–water partition coefficient (Wildman–Crippen LogP) is 1.94. The highest BCUT2D eigenvalue weighted by Crippen LogP contribution is 2.39. The highest BCUT2D eigenvalue weighted by molar-refractivity contribution is 5.82. The van der Waals surface area contributed by atoms with E-state index in [2.05, 4.69) is 25.7 Å². The number of Topliss-reactive ketones (excluding diaryl/α,β-unsaturated/α-hetero) is 1. The molecular formula is C12H21NO. The monoisotopic (exact) mass is 195 g/mol. The van der Waals surface area contributed by atoms with Crippen LogP contribution in [0.1, 0.15) is 33.6 Å². The second-order valence-electron chi connectivity index (χ2n) is 5.21. The number of carbonyl (C=O) groups excluding carboxylic acids is 1. The van der Waals surface area contributed by atoms with E-state index in [0.29, 0.717) is 11.8 Å². The van der Waals surface area contributed by atoms with Crippen LogP contribution in [0.2, 0.25) is 0 Å². The molecule has 0 bridgehead atoms. The molecule has 80 valence electrons. The lowest BCUT2D eigenvalue weighted by molar-refractivity contribution is -0.127. The summed E-state index contributed by atoms with van der Waals surface area (Å²) in [5, 5.41) is 0. The molecule has 1 heterocycles. The molecule has 0 N–H and O–H groups in total. The minimum Gasteiger partial charge on any atom is -0.299 e. The van der Waals surface area contributed by atoms with Crippen molar-refractivity contribution in [2.45, 2.75) is 39.7 Å². The molecule has 0 aromatic carbocycles. The SMILES string of the molecule is CC1CC1CN1CCC(=O)C(C)C1C. The van der Waals surface area contributed by atoms with Gasteiger partial charge in [0.2, 0.25) is 0 Å². The Bertz CT molecular complexity index is 238. The van der Waals surface area contributed by atoms with Crippen molar-refractivity contribution >= 4 is 5.78 Å². The second-order valence-corrected chi connectivity index (χ2v) is 5.21. The van der Waals surface area contributed by atoms with E-state index in [9.17, 15) is 4.79 Å². The molecular weight excluding hydrogens is 174 g/mol. The van der Waals surface area contributed by atoms with E-state index in [4.69, 9.17) is 0 Å². The summed E-state index contributed by atoms with van der Waals surface area (Å²) >= 11 is 0. The van der Waals surface area contributed by atoms with Crippen LogP contribution >= 0.6 is 0 Å². The molecule has 1 aliphatic carbocycles. The summed E-state index contributed by atoms with van der Waals surface area (Å²) in [6, 6.07) is 0.462. The first kappa shape index (κ1) is 10.2. The maximum atomic E-state index is 11.5. The Kier molecular flexibility index (Phi) is 2.65. The van der Waals surface area contributed by atoms with E-state index in [1.165, 1.54) is 13.0 Å². The number of rotatable bonds is 2. The normalized spacial score (nSPS) is 44.1. The summed E-state index contributed by atoms with van der Waals surface area (Å²) < 4.78 is 0. The van der Waals surface area contributed by atoms with Gasteiger partial charge >= 0.3 is 0 Å². The molecule has 2 aliphatic rings. The van der Waals surface area contributed by atoms with Gasteiger partial charge in [-0.25, -0.2) is 0 Å². The van der Waals surface area contributed by atoms with Crippen LogP contribution in [0.25, 0.3) is 0 Å². The van der Waals surface area contributed by atoms with E-state index < -0.39 is 0 Å². The third-order valence-corrected chi connectivity index (χ3v) is 4.20. The number of carbonyl (C=O) groups is 1. The lowest BCUT2D eigenvalue weighted by atomic mass is 9.90. The zero-order valence-electron chi connectivity index (χ0n) is 9.49. The summed E-state index contributed by atoms with van der Waals surface area (Å²) in [6.45, 7) is 8.83. The molecule has 4 unspecified atom stereocenters. The molecule has 2 fully saturated rings. The predicted molar refractivity (Wildman–Crippen MR) is 57.1 cm³/mol. The number of hydrogen-bond acceptors (Lipinski definition) is 2. The van der Waals surface area contributed by atoms with Gasteiger partial charge in [-0.1, -0.05) is 13.8 Å². The van der Waals surface area contributed by atoms with Crippen molar-refractivity contribution in [3.63, 3.8) is 0 Å². The van der Waals surface area contributed by atoms with Crippen LogP contribution < -0.4 is 0 Å². The lowest BCUT2D eigenvalue weighted by Crippen LogP contribution is -2.47. The first-order valence-electron chi connectivity index (χ1n) is 5.86. The zero-order chi connectivity index (χ0) is 10.3. The molecule has 2 rings (SSSR count). The van der Waals surface area contributed by atoms with E-state index in [1.54, 1.807) is 0 Å². The topological polar surface area (TPSA) is 20.3 Å². The van der Waals surface area contributed by atoms with Crippen molar-refractivity contribution in [3.05, 3.63) is 0 Å². The number of likely N-dealkylation sites (tertiary alicyclic amines) is 1. The summed E-state index contributed by atoms with van der Waals surface area (Å²) in [5.74, 6) is 2.54. The summed E-state index contributed by atoms with van der Waals surface area (Å²) in [4.78, 5) is 14.0. The fourth-order valence-electron chi connectivity index (χ4n) is 2.48.